The molecule has 11 heteroatoms. The van der Waals surface area contributed by atoms with Crippen molar-refractivity contribution >= 4 is 33.6 Å². The highest BCUT2D eigenvalue weighted by Gasteiger charge is 2.39. The Morgan fingerprint density at radius 2 is 1.95 bits per heavy atom. The van der Waals surface area contributed by atoms with Crippen LogP contribution in [0.25, 0.3) is 21.9 Å². The average molecular weight is 529 g/mol. The number of aliphatic hydroxyl groups is 1. The topological polar surface area (TPSA) is 111 Å². The van der Waals surface area contributed by atoms with Gasteiger partial charge in [0.2, 0.25) is 0 Å². The summed E-state index contributed by atoms with van der Waals surface area (Å²) in [6.07, 6.45) is 1.83. The minimum Gasteiger partial charge on any atom is -0.383 e. The molecule has 3 aromatic heterocycles. The van der Waals surface area contributed by atoms with E-state index in [4.69, 9.17) is 10.5 Å². The Hall–Kier alpha value is -3.44. The van der Waals surface area contributed by atoms with Crippen LogP contribution >= 0.6 is 0 Å². The minimum absolute atomic E-state index is 0.128. The molecule has 0 radical (unpaired) electrons. The van der Waals surface area contributed by atoms with Crippen LogP contribution in [0.15, 0.2) is 42.9 Å². The molecule has 0 bridgehead atoms. The van der Waals surface area contributed by atoms with Crippen molar-refractivity contribution in [1.29, 1.82) is 0 Å². The molecule has 0 aliphatic heterocycles. The van der Waals surface area contributed by atoms with Crippen molar-refractivity contribution in [2.24, 2.45) is 5.92 Å². The number of nitrogens with one attached hydrogen (secondary N) is 1. The zero-order chi connectivity index (χ0) is 27.2. The van der Waals surface area contributed by atoms with E-state index in [1.165, 1.54) is 0 Å². The minimum atomic E-state index is -4.55. The van der Waals surface area contributed by atoms with Crippen molar-refractivity contribution in [3.05, 3.63) is 54.0 Å². The molecule has 5 rings (SSSR count). The number of ether oxygens (including phenoxy) is 1. The van der Waals surface area contributed by atoms with Gasteiger partial charge in [-0.1, -0.05) is 12.1 Å². The number of rotatable bonds is 7. The van der Waals surface area contributed by atoms with Crippen molar-refractivity contribution < 1.29 is 23.0 Å². The number of anilines is 2. The van der Waals surface area contributed by atoms with Crippen molar-refractivity contribution in [3.8, 4) is 0 Å². The lowest BCUT2D eigenvalue weighted by Crippen LogP contribution is -2.32. The summed E-state index contributed by atoms with van der Waals surface area (Å²) < 4.78 is 47.8. The van der Waals surface area contributed by atoms with Gasteiger partial charge in [-0.2, -0.15) is 13.2 Å². The number of hydrogen-bond acceptors (Lipinski definition) is 7. The second-order valence-electron chi connectivity index (χ2n) is 10.4. The third kappa shape index (κ3) is 5.25. The smallest absolute Gasteiger partial charge is 0.383 e. The molecular formula is C27H31F3N6O2. The summed E-state index contributed by atoms with van der Waals surface area (Å²) in [5.41, 5.74) is 6.90. The average Bonchev–Trinajstić information content (AvgIpc) is 3.44. The number of alkyl halides is 3. The normalized spacial score (nSPS) is 20.4. The number of aromatic nitrogens is 4. The van der Waals surface area contributed by atoms with E-state index in [1.807, 2.05) is 25.4 Å². The van der Waals surface area contributed by atoms with Gasteiger partial charge in [0.15, 0.2) is 5.79 Å². The van der Waals surface area contributed by atoms with E-state index in [1.54, 1.807) is 32.3 Å². The first-order valence-corrected chi connectivity index (χ1v) is 12.6. The number of nitrogens with two attached hydrogens (primary N) is 1. The summed E-state index contributed by atoms with van der Waals surface area (Å²) in [6.45, 7) is 3.26. The number of hydrogen-bond donors (Lipinski definition) is 3. The van der Waals surface area contributed by atoms with E-state index in [9.17, 15) is 18.3 Å². The maximum absolute atomic E-state index is 13.2. The fourth-order valence-corrected chi connectivity index (χ4v) is 5.53. The Morgan fingerprint density at radius 3 is 2.66 bits per heavy atom. The third-order valence-electron chi connectivity index (χ3n) is 7.20. The predicted octanol–water partition coefficient (Wildman–Crippen LogP) is 5.32. The van der Waals surface area contributed by atoms with Crippen LogP contribution in [0.2, 0.25) is 0 Å². The second-order valence-corrected chi connectivity index (χ2v) is 10.4. The molecule has 0 amide bonds. The second kappa shape index (κ2) is 9.70. The Bertz CT molecular complexity index is 1460. The van der Waals surface area contributed by atoms with Crippen LogP contribution in [-0.4, -0.2) is 43.6 Å². The summed E-state index contributed by atoms with van der Waals surface area (Å²) >= 11 is 0. The number of pyridine rings is 1. The summed E-state index contributed by atoms with van der Waals surface area (Å²) in [5, 5.41) is 14.8. The Labute approximate surface area is 218 Å². The van der Waals surface area contributed by atoms with Gasteiger partial charge in [-0.25, -0.2) is 15.0 Å². The van der Waals surface area contributed by atoms with Crippen LogP contribution in [0.4, 0.5) is 24.8 Å². The molecule has 3 heterocycles. The highest BCUT2D eigenvalue weighted by molar-refractivity contribution is 5.87. The number of fused-ring (bicyclic) bond motifs is 2. The van der Waals surface area contributed by atoms with E-state index < -0.39 is 23.3 Å². The monoisotopic (exact) mass is 528 g/mol. The lowest BCUT2D eigenvalue weighted by atomic mass is 9.95. The molecule has 4 N–H and O–H groups in total. The predicted molar refractivity (Wildman–Crippen MR) is 139 cm³/mol. The van der Waals surface area contributed by atoms with Gasteiger partial charge in [-0.15, -0.1) is 0 Å². The lowest BCUT2D eigenvalue weighted by Gasteiger charge is -2.27. The van der Waals surface area contributed by atoms with E-state index >= 15 is 0 Å². The molecule has 1 aliphatic rings. The van der Waals surface area contributed by atoms with Gasteiger partial charge in [0.25, 0.3) is 0 Å². The van der Waals surface area contributed by atoms with Crippen LogP contribution in [0, 0.1) is 5.92 Å². The van der Waals surface area contributed by atoms with E-state index in [0.29, 0.717) is 23.7 Å². The molecule has 2 unspecified atom stereocenters. The van der Waals surface area contributed by atoms with Gasteiger partial charge >= 0.3 is 6.18 Å². The summed E-state index contributed by atoms with van der Waals surface area (Å²) in [5.74, 6) is -0.890. The fraction of sp³-hybridized carbons (Fsp3) is 0.444. The van der Waals surface area contributed by atoms with E-state index in [2.05, 4.69) is 24.8 Å². The maximum atomic E-state index is 13.2. The van der Waals surface area contributed by atoms with Crippen molar-refractivity contribution in [1.82, 2.24) is 19.5 Å². The van der Waals surface area contributed by atoms with Crippen LogP contribution in [0.5, 0.6) is 0 Å². The quantitative estimate of drug-likeness (QED) is 0.279. The molecule has 202 valence electrons. The number of aryl methyl sites for hydroxylation is 1. The van der Waals surface area contributed by atoms with Crippen LogP contribution in [0.1, 0.15) is 50.3 Å². The molecule has 1 fully saturated rings. The van der Waals surface area contributed by atoms with Crippen molar-refractivity contribution in [2.75, 3.05) is 18.1 Å². The summed E-state index contributed by atoms with van der Waals surface area (Å²) in [4.78, 5) is 12.8. The first-order chi connectivity index (χ1) is 17.9. The lowest BCUT2D eigenvalue weighted by molar-refractivity contribution is -0.212. The molecule has 3 atom stereocenters. The standard InChI is InChI=1S/C27H31F3N6O2/c1-26(2,37)38-22-13-18(36-9-8-19-24(32-3)33-14-34-25(19)36)11-17(22)7-5-15-4-6-16-12-20(27(28,29)30)23(31)35-21(16)10-15/h4,6,8-10,12,14,17-18,22,37H,5,7,11,13H2,1-3H3,(H2,31,35)(H,32,33,34)/t17?,18?,22-/m0/s1. The molecule has 4 aromatic rings. The molecule has 1 aliphatic carbocycles. The molecule has 1 aromatic carbocycles. The zero-order valence-electron chi connectivity index (χ0n) is 21.5. The molecule has 38 heavy (non-hydrogen) atoms. The number of benzene rings is 1. The number of halogens is 3. The number of nitrogen functional groups attached to an aromatic ring is 1. The highest BCUT2D eigenvalue weighted by atomic mass is 19.4. The van der Waals surface area contributed by atoms with Gasteiger partial charge in [0.05, 0.1) is 22.6 Å². The van der Waals surface area contributed by atoms with Crippen molar-refractivity contribution in [2.45, 2.75) is 63.6 Å². The Morgan fingerprint density at radius 1 is 1.16 bits per heavy atom. The molecular weight excluding hydrogens is 497 g/mol. The van der Waals surface area contributed by atoms with E-state index in [0.717, 1.165) is 41.3 Å². The van der Waals surface area contributed by atoms with Gasteiger partial charge in [-0.3, -0.25) is 0 Å². The van der Waals surface area contributed by atoms with Gasteiger partial charge in [-0.05, 0) is 69.2 Å². The van der Waals surface area contributed by atoms with Crippen LogP contribution in [0.3, 0.4) is 0 Å². The first kappa shape index (κ1) is 26.2. The van der Waals surface area contributed by atoms with Gasteiger partial charge < -0.3 is 25.5 Å². The highest BCUT2D eigenvalue weighted by Crippen LogP contribution is 2.42. The summed E-state index contributed by atoms with van der Waals surface area (Å²) in [7, 11) is 1.82. The molecule has 1 saturated carbocycles. The van der Waals surface area contributed by atoms with E-state index in [-0.39, 0.29) is 18.1 Å². The molecule has 0 saturated heterocycles. The third-order valence-corrected chi connectivity index (χ3v) is 7.20. The fourth-order valence-electron chi connectivity index (χ4n) is 5.53. The van der Waals surface area contributed by atoms with Crippen molar-refractivity contribution in [3.63, 3.8) is 0 Å². The SMILES string of the molecule is CNc1ncnc2c1ccn2C1CC(CCc2ccc3cc(C(F)(F)F)c(N)nc3c2)[C@@H](OC(C)(C)O)C1. The summed E-state index contributed by atoms with van der Waals surface area (Å²) in [6, 6.07) is 8.44. The zero-order valence-corrected chi connectivity index (χ0v) is 21.5. The molecule has 8 nitrogen and oxygen atoms in total. The van der Waals surface area contributed by atoms with Crippen LogP contribution < -0.4 is 11.1 Å². The largest absolute Gasteiger partial charge is 0.419 e. The van der Waals surface area contributed by atoms with Gasteiger partial charge in [0.1, 0.15) is 23.6 Å². The Balaban J connectivity index is 1.37. The van der Waals surface area contributed by atoms with Crippen LogP contribution in [-0.2, 0) is 17.3 Å². The first-order valence-electron chi connectivity index (χ1n) is 12.6. The maximum Gasteiger partial charge on any atom is 0.419 e. The Kier molecular flexibility index (Phi) is 6.68. The van der Waals surface area contributed by atoms with Gasteiger partial charge in [0, 0.05) is 24.7 Å². The number of nitrogens with zero attached hydrogens (tertiary/aromatic N) is 4. The molecule has 0 spiro atoms.